The number of aromatic nitrogens is 4. The Balaban J connectivity index is 1.53. The smallest absolute Gasteiger partial charge is 0.125 e. The molecule has 136 valence electrons. The minimum Gasteiger partial charge on any atom is -0.292 e. The predicted molar refractivity (Wildman–Crippen MR) is 98.5 cm³/mol. The molecule has 0 unspecified atom stereocenters. The van der Waals surface area contributed by atoms with Crippen LogP contribution in [0.5, 0.6) is 0 Å². The van der Waals surface area contributed by atoms with Gasteiger partial charge in [-0.05, 0) is 44.9 Å². The Morgan fingerprint density at radius 1 is 1.23 bits per heavy atom. The summed E-state index contributed by atoms with van der Waals surface area (Å²) >= 11 is 0. The second-order valence-corrected chi connectivity index (χ2v) is 7.18. The molecule has 2 aromatic heterocycles. The molecule has 0 aliphatic heterocycles. The summed E-state index contributed by atoms with van der Waals surface area (Å²) in [5.74, 6) is -0.248. The summed E-state index contributed by atoms with van der Waals surface area (Å²) in [6.45, 7) is 5.95. The van der Waals surface area contributed by atoms with Crippen LogP contribution in [0.25, 0.3) is 5.69 Å². The van der Waals surface area contributed by atoms with Crippen LogP contribution in [-0.2, 0) is 20.1 Å². The first kappa shape index (κ1) is 17.0. The van der Waals surface area contributed by atoms with Gasteiger partial charge in [0.15, 0.2) is 0 Å². The molecule has 4 rings (SSSR count). The largest absolute Gasteiger partial charge is 0.292 e. The van der Waals surface area contributed by atoms with E-state index in [1.165, 1.54) is 36.2 Å². The van der Waals surface area contributed by atoms with Crippen LogP contribution in [-0.4, -0.2) is 30.5 Å². The van der Waals surface area contributed by atoms with Gasteiger partial charge in [-0.2, -0.15) is 10.2 Å². The predicted octanol–water partition coefficient (Wildman–Crippen LogP) is 3.53. The first-order valence-corrected chi connectivity index (χ1v) is 9.04. The Morgan fingerprint density at radius 2 is 2.04 bits per heavy atom. The number of benzene rings is 1. The van der Waals surface area contributed by atoms with Crippen LogP contribution in [0.15, 0.2) is 36.7 Å². The molecule has 26 heavy (non-hydrogen) atoms. The summed E-state index contributed by atoms with van der Waals surface area (Å²) in [6.07, 6.45) is 6.36. The number of hydrogen-bond acceptors (Lipinski definition) is 3. The maximum atomic E-state index is 13.4. The van der Waals surface area contributed by atoms with E-state index < -0.39 is 0 Å². The molecule has 3 aromatic rings. The lowest BCUT2D eigenvalue weighted by Crippen LogP contribution is -2.25. The normalized spacial score (nSPS) is 14.3. The Kier molecular flexibility index (Phi) is 4.36. The van der Waals surface area contributed by atoms with Crippen molar-refractivity contribution >= 4 is 0 Å². The SMILES string of the molecule is Cc1nn(C)c(C)c1CN(Cc1cnn(-c2cccc(F)c2)c1)C1CC1. The van der Waals surface area contributed by atoms with E-state index in [-0.39, 0.29) is 5.82 Å². The number of aryl methyl sites for hydroxylation is 2. The molecule has 0 N–H and O–H groups in total. The van der Waals surface area contributed by atoms with Crippen LogP contribution in [0.1, 0.15) is 35.4 Å². The van der Waals surface area contributed by atoms with Crippen molar-refractivity contribution in [2.45, 2.75) is 45.8 Å². The van der Waals surface area contributed by atoms with Crippen molar-refractivity contribution in [3.8, 4) is 5.69 Å². The molecule has 1 aliphatic carbocycles. The maximum Gasteiger partial charge on any atom is 0.125 e. The van der Waals surface area contributed by atoms with Crippen molar-refractivity contribution in [2.75, 3.05) is 0 Å². The highest BCUT2D eigenvalue weighted by Crippen LogP contribution is 2.31. The fraction of sp³-hybridized carbons (Fsp3) is 0.400. The van der Waals surface area contributed by atoms with E-state index in [9.17, 15) is 4.39 Å². The second kappa shape index (κ2) is 6.68. The molecule has 0 bridgehead atoms. The van der Waals surface area contributed by atoms with Gasteiger partial charge in [0.05, 0.1) is 17.6 Å². The third kappa shape index (κ3) is 3.42. The van der Waals surface area contributed by atoms with E-state index >= 15 is 0 Å². The Labute approximate surface area is 153 Å². The van der Waals surface area contributed by atoms with E-state index in [0.717, 1.165) is 30.0 Å². The molecule has 0 amide bonds. The van der Waals surface area contributed by atoms with E-state index in [4.69, 9.17) is 0 Å². The molecule has 0 atom stereocenters. The van der Waals surface area contributed by atoms with Gasteiger partial charge < -0.3 is 0 Å². The zero-order chi connectivity index (χ0) is 18.3. The maximum absolute atomic E-state index is 13.4. The summed E-state index contributed by atoms with van der Waals surface area (Å²) < 4.78 is 17.1. The van der Waals surface area contributed by atoms with Crippen LogP contribution < -0.4 is 0 Å². The number of halogens is 1. The Morgan fingerprint density at radius 3 is 2.69 bits per heavy atom. The van der Waals surface area contributed by atoms with Crippen LogP contribution in [0, 0.1) is 19.7 Å². The lowest BCUT2D eigenvalue weighted by Gasteiger charge is -2.21. The summed E-state index contributed by atoms with van der Waals surface area (Å²) in [5, 5.41) is 8.95. The average molecular weight is 353 g/mol. The Bertz CT molecular complexity index is 922. The number of nitrogens with zero attached hydrogens (tertiary/aromatic N) is 5. The van der Waals surface area contributed by atoms with Crippen molar-refractivity contribution in [2.24, 2.45) is 7.05 Å². The molecule has 1 aromatic carbocycles. The topological polar surface area (TPSA) is 38.9 Å². The van der Waals surface area contributed by atoms with Gasteiger partial charge in [0.1, 0.15) is 5.82 Å². The molecule has 1 aliphatic rings. The van der Waals surface area contributed by atoms with Gasteiger partial charge in [0, 0.05) is 49.2 Å². The fourth-order valence-corrected chi connectivity index (χ4v) is 3.44. The summed E-state index contributed by atoms with van der Waals surface area (Å²) in [7, 11) is 2.00. The highest BCUT2D eigenvalue weighted by atomic mass is 19.1. The van der Waals surface area contributed by atoms with Crippen LogP contribution in [0.4, 0.5) is 4.39 Å². The fourth-order valence-electron chi connectivity index (χ4n) is 3.44. The minimum atomic E-state index is -0.248. The molecule has 5 nitrogen and oxygen atoms in total. The first-order valence-electron chi connectivity index (χ1n) is 9.04. The van der Waals surface area contributed by atoms with E-state index in [2.05, 4.69) is 28.9 Å². The first-order chi connectivity index (χ1) is 12.5. The van der Waals surface area contributed by atoms with Crippen molar-refractivity contribution < 1.29 is 4.39 Å². The molecular formula is C20H24FN5. The highest BCUT2D eigenvalue weighted by Gasteiger charge is 2.30. The summed E-state index contributed by atoms with van der Waals surface area (Å²) in [6, 6.07) is 7.14. The lowest BCUT2D eigenvalue weighted by molar-refractivity contribution is 0.244. The minimum absolute atomic E-state index is 0.248. The van der Waals surface area contributed by atoms with Gasteiger partial charge in [-0.15, -0.1) is 0 Å². The second-order valence-electron chi connectivity index (χ2n) is 7.18. The summed E-state index contributed by atoms with van der Waals surface area (Å²) in [4.78, 5) is 2.50. The standard InChI is InChI=1S/C20H24FN5/c1-14-20(15(2)24(3)23-14)13-25(18-7-8-18)11-16-10-22-26(12-16)19-6-4-5-17(21)9-19/h4-6,9-10,12,18H,7-8,11,13H2,1-3H3. The molecule has 2 heterocycles. The Hall–Kier alpha value is -2.47. The van der Waals surface area contributed by atoms with Gasteiger partial charge in [0.2, 0.25) is 0 Å². The molecule has 0 saturated heterocycles. The molecule has 1 fully saturated rings. The monoisotopic (exact) mass is 353 g/mol. The molecule has 6 heteroatoms. The number of hydrogen-bond donors (Lipinski definition) is 0. The van der Waals surface area contributed by atoms with Gasteiger partial charge in [-0.25, -0.2) is 9.07 Å². The third-order valence-corrected chi connectivity index (χ3v) is 5.18. The van der Waals surface area contributed by atoms with E-state index in [1.54, 1.807) is 10.7 Å². The summed E-state index contributed by atoms with van der Waals surface area (Å²) in [5.41, 5.74) is 5.53. The zero-order valence-corrected chi connectivity index (χ0v) is 15.5. The van der Waals surface area contributed by atoms with Crippen LogP contribution in [0.3, 0.4) is 0 Å². The van der Waals surface area contributed by atoms with Crippen LogP contribution in [0.2, 0.25) is 0 Å². The van der Waals surface area contributed by atoms with Crippen molar-refractivity contribution in [3.05, 3.63) is 65.0 Å². The van der Waals surface area contributed by atoms with E-state index in [1.807, 2.05) is 30.2 Å². The average Bonchev–Trinajstić information content (AvgIpc) is 3.31. The lowest BCUT2D eigenvalue weighted by atomic mass is 10.1. The molecule has 1 saturated carbocycles. The van der Waals surface area contributed by atoms with Crippen molar-refractivity contribution in [1.82, 2.24) is 24.5 Å². The van der Waals surface area contributed by atoms with Crippen molar-refractivity contribution in [3.63, 3.8) is 0 Å². The molecular weight excluding hydrogens is 329 g/mol. The molecule has 0 radical (unpaired) electrons. The zero-order valence-electron chi connectivity index (χ0n) is 15.5. The van der Waals surface area contributed by atoms with Gasteiger partial charge in [-0.3, -0.25) is 9.58 Å². The van der Waals surface area contributed by atoms with Crippen molar-refractivity contribution in [1.29, 1.82) is 0 Å². The van der Waals surface area contributed by atoms with E-state index in [0.29, 0.717) is 6.04 Å². The third-order valence-electron chi connectivity index (χ3n) is 5.18. The van der Waals surface area contributed by atoms with Gasteiger partial charge >= 0.3 is 0 Å². The molecule has 0 spiro atoms. The van der Waals surface area contributed by atoms with Crippen LogP contribution >= 0.6 is 0 Å². The quantitative estimate of drug-likeness (QED) is 0.681. The van der Waals surface area contributed by atoms with Gasteiger partial charge in [0.25, 0.3) is 0 Å². The highest BCUT2D eigenvalue weighted by molar-refractivity contribution is 5.32. The number of rotatable bonds is 6. The van der Waals surface area contributed by atoms with Gasteiger partial charge in [-0.1, -0.05) is 6.07 Å².